The normalized spacial score (nSPS) is 16.9. The van der Waals surface area contributed by atoms with E-state index in [9.17, 15) is 14.8 Å². The second kappa shape index (κ2) is 3.99. The highest BCUT2D eigenvalue weighted by atomic mass is 16.6. The molecule has 1 N–H and O–H groups in total. The number of amides is 1. The molecule has 0 bridgehead atoms. The Balaban J connectivity index is 2.42. The van der Waals surface area contributed by atoms with Crippen LogP contribution < -0.4 is 14.5 Å². The van der Waals surface area contributed by atoms with E-state index in [-0.39, 0.29) is 11.4 Å². The van der Waals surface area contributed by atoms with E-state index in [4.69, 9.17) is 9.47 Å². The number of fused-ring (bicyclic) bond motifs is 1. The van der Waals surface area contributed by atoms with E-state index in [2.05, 4.69) is 0 Å². The number of hydrogen-bond acceptors (Lipinski definition) is 5. The molecule has 1 aliphatic heterocycles. The molecule has 1 aromatic carbocycles. The van der Waals surface area contributed by atoms with Crippen LogP contribution in [0.15, 0.2) is 18.2 Å². The van der Waals surface area contributed by atoms with Gasteiger partial charge >= 0.3 is 5.97 Å². The molecule has 6 nitrogen and oxygen atoms in total. The van der Waals surface area contributed by atoms with Crippen molar-refractivity contribution in [2.45, 2.75) is 26.4 Å². The molecular weight excluding hydrogens is 238 g/mol. The van der Waals surface area contributed by atoms with Crippen LogP contribution in [0.2, 0.25) is 0 Å². The number of carbonyl (C=O) groups is 2. The first-order chi connectivity index (χ1) is 8.31. The largest absolute Gasteiger partial charge is 0.476 e. The molecular formula is C12H13NO5. The van der Waals surface area contributed by atoms with Gasteiger partial charge in [0.05, 0.1) is 0 Å². The Hall–Kier alpha value is -2.08. The summed E-state index contributed by atoms with van der Waals surface area (Å²) in [6, 6.07) is 4.43. The highest BCUT2D eigenvalue weighted by molar-refractivity contribution is 6.00. The summed E-state index contributed by atoms with van der Waals surface area (Å²) in [5, 5.41) is 10.3. The molecule has 0 unspecified atom stereocenters. The number of ether oxygens (including phenoxy) is 2. The van der Waals surface area contributed by atoms with Gasteiger partial charge in [0, 0.05) is 13.0 Å². The van der Waals surface area contributed by atoms with Crippen LogP contribution in [-0.2, 0) is 9.59 Å². The summed E-state index contributed by atoms with van der Waals surface area (Å²) >= 11 is 0. The van der Waals surface area contributed by atoms with E-state index in [1.165, 1.54) is 25.1 Å². The van der Waals surface area contributed by atoms with Crippen molar-refractivity contribution in [1.29, 1.82) is 0 Å². The summed E-state index contributed by atoms with van der Waals surface area (Å²) in [6.07, 6.45) is 0. The predicted octanol–water partition coefficient (Wildman–Crippen LogP) is 1.51. The summed E-state index contributed by atoms with van der Waals surface area (Å²) in [5.74, 6) is -0.493. The molecule has 0 aromatic heterocycles. The smallest absolute Gasteiger partial charge is 0.308 e. The first-order valence-electron chi connectivity index (χ1n) is 5.36. The van der Waals surface area contributed by atoms with Crippen molar-refractivity contribution in [1.82, 2.24) is 0 Å². The molecule has 0 radical (unpaired) electrons. The average molecular weight is 251 g/mol. The van der Waals surface area contributed by atoms with E-state index in [1.54, 1.807) is 13.8 Å². The minimum atomic E-state index is -1.13. The molecule has 0 aliphatic carbocycles. The quantitative estimate of drug-likeness (QED) is 0.465. The van der Waals surface area contributed by atoms with Gasteiger partial charge in [0.1, 0.15) is 17.2 Å². The highest BCUT2D eigenvalue weighted by Crippen LogP contribution is 2.39. The third kappa shape index (κ3) is 2.02. The van der Waals surface area contributed by atoms with E-state index in [1.807, 2.05) is 0 Å². The van der Waals surface area contributed by atoms with E-state index >= 15 is 0 Å². The lowest BCUT2D eigenvalue weighted by atomic mass is 10.1. The summed E-state index contributed by atoms with van der Waals surface area (Å²) in [6.45, 7) is 4.38. The molecule has 1 aliphatic rings. The van der Waals surface area contributed by atoms with Crippen molar-refractivity contribution in [2.75, 3.05) is 5.06 Å². The van der Waals surface area contributed by atoms with Crippen molar-refractivity contribution < 1.29 is 24.3 Å². The van der Waals surface area contributed by atoms with Gasteiger partial charge in [0.2, 0.25) is 0 Å². The zero-order chi connectivity index (χ0) is 13.5. The van der Waals surface area contributed by atoms with E-state index in [0.29, 0.717) is 10.8 Å². The first-order valence-corrected chi connectivity index (χ1v) is 5.36. The lowest BCUT2D eigenvalue weighted by Crippen LogP contribution is -2.51. The Morgan fingerprint density at radius 2 is 2.11 bits per heavy atom. The number of nitrogens with zero attached hydrogens (tertiary/aromatic N) is 1. The van der Waals surface area contributed by atoms with Crippen LogP contribution in [-0.4, -0.2) is 22.7 Å². The maximum atomic E-state index is 11.8. The zero-order valence-corrected chi connectivity index (χ0v) is 10.3. The molecule has 0 saturated heterocycles. The van der Waals surface area contributed by atoms with Gasteiger partial charge < -0.3 is 9.47 Å². The van der Waals surface area contributed by atoms with E-state index in [0.717, 1.165) is 0 Å². The van der Waals surface area contributed by atoms with Gasteiger partial charge in [0.25, 0.3) is 5.91 Å². The molecule has 0 fully saturated rings. The Bertz CT molecular complexity index is 523. The Morgan fingerprint density at radius 3 is 2.72 bits per heavy atom. The van der Waals surface area contributed by atoms with Crippen molar-refractivity contribution in [3.05, 3.63) is 18.2 Å². The lowest BCUT2D eigenvalue weighted by Gasteiger charge is -2.35. The molecule has 0 spiro atoms. The molecule has 0 atom stereocenters. The molecule has 2 rings (SSSR count). The fourth-order valence-electron chi connectivity index (χ4n) is 1.66. The number of esters is 1. The van der Waals surface area contributed by atoms with Gasteiger partial charge in [-0.15, -0.1) is 0 Å². The second-order valence-electron chi connectivity index (χ2n) is 4.45. The molecule has 18 heavy (non-hydrogen) atoms. The fourth-order valence-corrected chi connectivity index (χ4v) is 1.66. The third-order valence-corrected chi connectivity index (χ3v) is 2.49. The van der Waals surface area contributed by atoms with Crippen LogP contribution in [0, 0.1) is 0 Å². The van der Waals surface area contributed by atoms with Crippen LogP contribution >= 0.6 is 0 Å². The van der Waals surface area contributed by atoms with Crippen molar-refractivity contribution in [3.63, 3.8) is 0 Å². The minimum Gasteiger partial charge on any atom is -0.476 e. The number of carbonyl (C=O) groups excluding carboxylic acids is 2. The maximum absolute atomic E-state index is 11.8. The minimum absolute atomic E-state index is 0.151. The topological polar surface area (TPSA) is 76.1 Å². The van der Waals surface area contributed by atoms with Crippen LogP contribution in [0.25, 0.3) is 0 Å². The lowest BCUT2D eigenvalue weighted by molar-refractivity contribution is -0.138. The summed E-state index contributed by atoms with van der Waals surface area (Å²) in [4.78, 5) is 22.6. The van der Waals surface area contributed by atoms with Gasteiger partial charge in [-0.1, -0.05) is 0 Å². The second-order valence-corrected chi connectivity index (χ2v) is 4.45. The van der Waals surface area contributed by atoms with Crippen LogP contribution in [0.3, 0.4) is 0 Å². The van der Waals surface area contributed by atoms with Crippen molar-refractivity contribution in [3.8, 4) is 11.5 Å². The Morgan fingerprint density at radius 1 is 1.44 bits per heavy atom. The van der Waals surface area contributed by atoms with Crippen LogP contribution in [0.1, 0.15) is 20.8 Å². The van der Waals surface area contributed by atoms with Gasteiger partial charge in [-0.2, -0.15) is 5.06 Å². The van der Waals surface area contributed by atoms with Crippen molar-refractivity contribution >= 4 is 17.6 Å². The number of rotatable bonds is 1. The summed E-state index contributed by atoms with van der Waals surface area (Å²) in [5.41, 5.74) is -0.983. The van der Waals surface area contributed by atoms with E-state index < -0.39 is 17.5 Å². The maximum Gasteiger partial charge on any atom is 0.308 e. The summed E-state index contributed by atoms with van der Waals surface area (Å²) < 4.78 is 10.3. The monoisotopic (exact) mass is 251 g/mol. The molecule has 96 valence electrons. The van der Waals surface area contributed by atoms with Crippen molar-refractivity contribution in [2.24, 2.45) is 0 Å². The number of benzene rings is 1. The third-order valence-electron chi connectivity index (χ3n) is 2.49. The van der Waals surface area contributed by atoms with Gasteiger partial charge in [-0.25, -0.2) is 0 Å². The van der Waals surface area contributed by atoms with Gasteiger partial charge in [0.15, 0.2) is 5.60 Å². The summed E-state index contributed by atoms with van der Waals surface area (Å²) in [7, 11) is 0. The van der Waals surface area contributed by atoms with Gasteiger partial charge in [-0.05, 0) is 26.0 Å². The number of hydrogen-bond donors (Lipinski definition) is 1. The molecule has 1 heterocycles. The van der Waals surface area contributed by atoms with Gasteiger partial charge in [-0.3, -0.25) is 14.8 Å². The Kier molecular flexibility index (Phi) is 2.74. The molecule has 1 aromatic rings. The van der Waals surface area contributed by atoms with Crippen LogP contribution in [0.4, 0.5) is 5.69 Å². The first kappa shape index (κ1) is 12.4. The predicted molar refractivity (Wildman–Crippen MR) is 61.7 cm³/mol. The van der Waals surface area contributed by atoms with Crippen LogP contribution in [0.5, 0.6) is 11.5 Å². The SMILES string of the molecule is CC(=O)Oc1ccc2c(c1)N(O)C(=O)C(C)(C)O2. The Labute approximate surface area is 104 Å². The average Bonchev–Trinajstić information content (AvgIpc) is 2.26. The molecule has 1 amide bonds. The highest BCUT2D eigenvalue weighted by Gasteiger charge is 2.40. The number of anilines is 1. The fraction of sp³-hybridized carbons (Fsp3) is 0.333. The zero-order valence-electron chi connectivity index (χ0n) is 10.3. The molecule has 6 heteroatoms. The standard InChI is InChI=1S/C12H13NO5/c1-7(14)17-8-4-5-10-9(6-8)13(16)11(15)12(2,3)18-10/h4-6,16H,1-3H3. The number of hydroxylamine groups is 1. The molecule has 0 saturated carbocycles.